The van der Waals surface area contributed by atoms with Crippen LogP contribution in [0, 0.1) is 0 Å². The Morgan fingerprint density at radius 1 is 0.703 bits per heavy atom. The first-order chi connectivity index (χ1) is 31.5. The van der Waals surface area contributed by atoms with Crippen LogP contribution in [0.4, 0.5) is 11.4 Å². The average Bonchev–Trinajstić information content (AvgIpc) is 3.60. The number of fused-ring (bicyclic) bond motifs is 1. The molecule has 6 N–H and O–H groups in total. The first-order valence-electron chi connectivity index (χ1n) is 21.3. The van der Waals surface area contributed by atoms with Gasteiger partial charge in [-0.25, -0.2) is 9.97 Å². The molecule has 2 aromatic carbocycles. The summed E-state index contributed by atoms with van der Waals surface area (Å²) in [6.45, 7) is 1.71. The van der Waals surface area contributed by atoms with Crippen molar-refractivity contribution < 1.29 is 9.59 Å². The molecule has 2 aliphatic rings. The van der Waals surface area contributed by atoms with Crippen LogP contribution in [0.3, 0.4) is 0 Å². The third-order valence-corrected chi connectivity index (χ3v) is 11.7. The Morgan fingerprint density at radius 2 is 1.36 bits per heavy atom. The fourth-order valence-corrected chi connectivity index (χ4v) is 8.16. The smallest absolute Gasteiger partial charge is 0.252 e. The molecule has 1 saturated carbocycles. The van der Waals surface area contributed by atoms with Crippen LogP contribution in [-0.4, -0.2) is 71.9 Å². The van der Waals surface area contributed by atoms with Crippen LogP contribution in [0.5, 0.6) is 0 Å². The largest absolute Gasteiger partial charge is 0.378 e. The maximum Gasteiger partial charge on any atom is 0.252 e. The second kappa shape index (κ2) is 17.7. The highest BCUT2D eigenvalue weighted by Crippen LogP contribution is 2.45. The van der Waals surface area contributed by atoms with Crippen molar-refractivity contribution in [2.75, 3.05) is 10.6 Å². The fourth-order valence-electron chi connectivity index (χ4n) is 8.16. The predicted molar refractivity (Wildman–Crippen MR) is 236 cm³/mol. The van der Waals surface area contributed by atoms with Crippen LogP contribution in [0.2, 0.25) is 0 Å². The van der Waals surface area contributed by atoms with Crippen LogP contribution in [-0.2, 0) is 31.7 Å². The number of aromatic amines is 2. The van der Waals surface area contributed by atoms with E-state index in [0.717, 1.165) is 78.1 Å². The lowest BCUT2D eigenvalue weighted by Crippen LogP contribution is -2.34. The first-order valence-corrected chi connectivity index (χ1v) is 21.3. The molecule has 0 spiro atoms. The van der Waals surface area contributed by atoms with E-state index in [1.54, 1.807) is 43.1 Å². The van der Waals surface area contributed by atoms with Gasteiger partial charge < -0.3 is 25.8 Å². The van der Waals surface area contributed by atoms with E-state index >= 15 is 0 Å². The highest BCUT2D eigenvalue weighted by Gasteiger charge is 2.45. The van der Waals surface area contributed by atoms with Crippen LogP contribution < -0.4 is 21.3 Å². The number of amides is 2. The Kier molecular flexibility index (Phi) is 11.0. The summed E-state index contributed by atoms with van der Waals surface area (Å²) >= 11 is 0. The van der Waals surface area contributed by atoms with Crippen molar-refractivity contribution >= 4 is 23.2 Å². The maximum absolute atomic E-state index is 13.4. The van der Waals surface area contributed by atoms with Crippen molar-refractivity contribution in [2.24, 2.45) is 0 Å². The summed E-state index contributed by atoms with van der Waals surface area (Å²) in [6, 6.07) is 24.3. The summed E-state index contributed by atoms with van der Waals surface area (Å²) in [6.07, 6.45) is 15.1. The summed E-state index contributed by atoms with van der Waals surface area (Å²) in [5.41, 5.74) is 6.05. The molecule has 7 heterocycles. The summed E-state index contributed by atoms with van der Waals surface area (Å²) in [7, 11) is 0. The van der Waals surface area contributed by atoms with Gasteiger partial charge in [0.15, 0.2) is 17.5 Å². The van der Waals surface area contributed by atoms with Gasteiger partial charge in [-0.15, -0.1) is 10.2 Å². The molecule has 1 aliphatic heterocycles. The van der Waals surface area contributed by atoms with Crippen LogP contribution in [0.15, 0.2) is 116 Å². The Bertz CT molecular complexity index is 2910. The number of anilines is 2. The molecule has 1 fully saturated rings. The Hall–Kier alpha value is -8.15. The minimum atomic E-state index is -0.334. The molecule has 10 rings (SSSR count). The zero-order valence-corrected chi connectivity index (χ0v) is 34.7. The second-order valence-electron chi connectivity index (χ2n) is 15.9. The minimum Gasteiger partial charge on any atom is -0.378 e. The number of aromatic nitrogens is 12. The lowest BCUT2D eigenvalue weighted by Gasteiger charge is -2.18. The molecular formula is C46H44N16O2. The number of rotatable bonds is 15. The van der Waals surface area contributed by atoms with Crippen molar-refractivity contribution in [3.8, 4) is 22.8 Å². The fraction of sp³-hybridized carbons (Fsp3) is 0.239. The van der Waals surface area contributed by atoms with E-state index in [2.05, 4.69) is 71.3 Å². The molecule has 8 aromatic rings. The van der Waals surface area contributed by atoms with Crippen molar-refractivity contribution in [3.05, 3.63) is 162 Å². The predicted octanol–water partition coefficient (Wildman–Crippen LogP) is 5.92. The number of carbonyl (C=O) groups excluding carboxylic acids is 2. The molecule has 1 aliphatic carbocycles. The molecule has 64 heavy (non-hydrogen) atoms. The molecule has 0 bridgehead atoms. The van der Waals surface area contributed by atoms with E-state index in [-0.39, 0.29) is 29.8 Å². The van der Waals surface area contributed by atoms with Gasteiger partial charge in [0, 0.05) is 83.3 Å². The van der Waals surface area contributed by atoms with Crippen molar-refractivity contribution in [2.45, 2.75) is 69.7 Å². The van der Waals surface area contributed by atoms with E-state index in [1.807, 2.05) is 72.9 Å². The molecule has 1 atom stereocenters. The van der Waals surface area contributed by atoms with E-state index in [0.29, 0.717) is 53.3 Å². The molecule has 0 radical (unpaired) electrons. The highest BCUT2D eigenvalue weighted by molar-refractivity contribution is 5.96. The molecule has 320 valence electrons. The molecular weight excluding hydrogens is 809 g/mol. The third-order valence-electron chi connectivity index (χ3n) is 11.7. The van der Waals surface area contributed by atoms with Crippen LogP contribution in [0.1, 0.15) is 93.2 Å². The number of nitrogens with one attached hydrogen (secondary N) is 6. The van der Waals surface area contributed by atoms with E-state index < -0.39 is 0 Å². The molecule has 1 unspecified atom stereocenters. The van der Waals surface area contributed by atoms with Gasteiger partial charge in [0.2, 0.25) is 0 Å². The zero-order chi connectivity index (χ0) is 43.3. The van der Waals surface area contributed by atoms with Crippen molar-refractivity contribution in [1.29, 1.82) is 0 Å². The number of hydrogen-bond acceptors (Lipinski definition) is 13. The molecule has 18 nitrogen and oxygen atoms in total. The number of benzene rings is 2. The number of pyridine rings is 3. The normalized spacial score (nSPS) is 15.1. The highest BCUT2D eigenvalue weighted by atomic mass is 16.2. The van der Waals surface area contributed by atoms with Gasteiger partial charge in [0.1, 0.15) is 17.5 Å². The monoisotopic (exact) mass is 852 g/mol. The second-order valence-corrected chi connectivity index (χ2v) is 15.9. The Labute approximate surface area is 367 Å². The van der Waals surface area contributed by atoms with E-state index in [4.69, 9.17) is 10.1 Å². The van der Waals surface area contributed by atoms with Crippen molar-refractivity contribution in [3.63, 3.8) is 0 Å². The number of nitrogens with zero attached hydrogens (tertiary/aromatic N) is 10. The van der Waals surface area contributed by atoms with Gasteiger partial charge in [-0.05, 0) is 104 Å². The summed E-state index contributed by atoms with van der Waals surface area (Å²) in [5, 5.41) is 37.2. The lowest BCUT2D eigenvalue weighted by molar-refractivity contribution is 0.0927. The standard InChI is InChI=1S/C46H44N16O2/c63-44(30-5-3-7-33(23-30)50-26-38-53-41(59-56-38)29-10-17-47-18-11-29)52-28-40-58-61-43-36(9-1-2-22-62(40)43)37-25-49-21-14-35(37)42-54-39(57-60-42)27-51-34-8-4-6-31(24-34)45(64)55-46(15-16-46)32-12-19-48-20-13-32/h3-8,10-14,17-21,23-25,36,50-51H,1-2,9,15-16,22,26-28H2,(H,52,63)(H,55,64)(H,53,56,59)(H,54,57,60). The Morgan fingerprint density at radius 3 is 2.08 bits per heavy atom. The molecule has 2 amide bonds. The Balaban J connectivity index is 0.775. The van der Waals surface area contributed by atoms with Crippen LogP contribution >= 0.6 is 0 Å². The van der Waals surface area contributed by atoms with Gasteiger partial charge >= 0.3 is 0 Å². The molecule has 0 saturated heterocycles. The van der Waals surface area contributed by atoms with Crippen molar-refractivity contribution in [1.82, 2.24) is 70.7 Å². The quantitative estimate of drug-likeness (QED) is 0.0704. The molecule has 18 heteroatoms. The summed E-state index contributed by atoms with van der Waals surface area (Å²) < 4.78 is 2.12. The van der Waals surface area contributed by atoms with Gasteiger partial charge in [-0.1, -0.05) is 18.6 Å². The maximum atomic E-state index is 13.4. The van der Waals surface area contributed by atoms with E-state index in [1.165, 1.54) is 0 Å². The topological polar surface area (TPSA) is 235 Å². The lowest BCUT2D eigenvalue weighted by atomic mass is 9.91. The SMILES string of the molecule is O=C(NCc1nnc2n1CCCCC2c1cnccc1-c1n[nH]c(CNc2cccc(C(=O)NC3(c4ccncc4)CC3)c2)n1)c1cccc(NCc2nc(-c3ccncc3)n[nH]2)c1. The van der Waals surface area contributed by atoms with Gasteiger partial charge in [-0.2, -0.15) is 10.2 Å². The number of H-pyrrole nitrogens is 2. The minimum absolute atomic E-state index is 0.113. The first kappa shape index (κ1) is 40.0. The average molecular weight is 853 g/mol. The zero-order valence-electron chi connectivity index (χ0n) is 34.7. The van der Waals surface area contributed by atoms with Gasteiger partial charge in [0.25, 0.3) is 11.8 Å². The summed E-state index contributed by atoms with van der Waals surface area (Å²) in [5.74, 6) is 3.47. The third kappa shape index (κ3) is 8.65. The van der Waals surface area contributed by atoms with Crippen LogP contribution in [0.25, 0.3) is 22.8 Å². The number of carbonyl (C=O) groups is 2. The van der Waals surface area contributed by atoms with E-state index in [9.17, 15) is 9.59 Å². The van der Waals surface area contributed by atoms with Gasteiger partial charge in [0.05, 0.1) is 25.2 Å². The summed E-state index contributed by atoms with van der Waals surface area (Å²) in [4.78, 5) is 48.8. The number of hydrogen-bond donors (Lipinski definition) is 6. The molecule has 6 aromatic heterocycles. The van der Waals surface area contributed by atoms with Gasteiger partial charge in [-0.3, -0.25) is 34.7 Å².